The Balaban J connectivity index is 0.000000229. The van der Waals surface area contributed by atoms with Gasteiger partial charge in [-0.2, -0.15) is 15.3 Å². The average molecular weight is 774 g/mol. The molecule has 0 amide bonds. The third kappa shape index (κ3) is 18.5. The Hall–Kier alpha value is -5.98. The Morgan fingerprint density at radius 1 is 0.702 bits per heavy atom. The van der Waals surface area contributed by atoms with Crippen LogP contribution in [0.5, 0.6) is 0 Å². The number of likely N-dealkylation sites (N-methyl/N-ethyl adjacent to an activating group) is 1. The van der Waals surface area contributed by atoms with Crippen molar-refractivity contribution in [2.45, 2.75) is 80.6 Å². The molecule has 57 heavy (non-hydrogen) atoms. The first-order valence-corrected chi connectivity index (χ1v) is 19.8. The predicted molar refractivity (Wildman–Crippen MR) is 235 cm³/mol. The molecule has 2 aliphatic carbocycles. The fraction of sp³-hybridized carbons (Fsp3) is 0.409. The molecule has 0 fully saturated rings. The molecule has 13 heteroatoms. The average Bonchev–Trinajstić information content (AvgIpc) is 4.10. The van der Waals surface area contributed by atoms with Gasteiger partial charge in [-0.15, -0.1) is 0 Å². The van der Waals surface area contributed by atoms with E-state index >= 15 is 0 Å². The highest BCUT2D eigenvalue weighted by molar-refractivity contribution is 5.94. The lowest BCUT2D eigenvalue weighted by Gasteiger charge is -2.09. The predicted octanol–water partition coefficient (Wildman–Crippen LogP) is 8.58. The van der Waals surface area contributed by atoms with E-state index in [0.717, 1.165) is 67.6 Å². The molecule has 0 unspecified atom stereocenters. The van der Waals surface area contributed by atoms with Crippen LogP contribution in [0.3, 0.4) is 0 Å². The Kier molecular flexibility index (Phi) is 23.5. The van der Waals surface area contributed by atoms with Crippen LogP contribution in [0.25, 0.3) is 6.08 Å². The van der Waals surface area contributed by atoms with Crippen LogP contribution in [0, 0.1) is 13.8 Å². The van der Waals surface area contributed by atoms with Crippen LogP contribution in [0.1, 0.15) is 80.8 Å². The molecule has 0 saturated carbocycles. The Labute approximate surface area is 340 Å². The molecule has 0 saturated heterocycles. The minimum Gasteiger partial charge on any atom is -0.359 e. The number of azo groups is 1. The van der Waals surface area contributed by atoms with E-state index in [4.69, 9.17) is 0 Å². The fourth-order valence-corrected chi connectivity index (χ4v) is 5.20. The number of hydrogen-bond acceptors (Lipinski definition) is 11. The maximum Gasteiger partial charge on any atom is 0.135 e. The minimum absolute atomic E-state index is 0.778. The number of aryl methyl sites for hydroxylation is 6. The molecule has 10 rings (SSSR count). The highest BCUT2D eigenvalue weighted by Gasteiger charge is 2.17. The Morgan fingerprint density at radius 2 is 1.51 bits per heavy atom. The van der Waals surface area contributed by atoms with Gasteiger partial charge in [0.1, 0.15) is 18.0 Å². The van der Waals surface area contributed by atoms with Crippen LogP contribution in [-0.4, -0.2) is 76.6 Å². The number of rotatable bonds is 0. The normalized spacial score (nSPS) is 13.4. The number of allylic oxidation sites excluding steroid dienone is 2. The molecule has 304 valence electrons. The summed E-state index contributed by atoms with van der Waals surface area (Å²) in [5.74, 6) is 1.97. The van der Waals surface area contributed by atoms with Crippen molar-refractivity contribution < 1.29 is 0 Å². The second kappa shape index (κ2) is 28.4. The van der Waals surface area contributed by atoms with Crippen LogP contribution in [0.4, 0.5) is 5.82 Å². The van der Waals surface area contributed by atoms with Crippen LogP contribution in [-0.2, 0) is 39.8 Å². The van der Waals surface area contributed by atoms with E-state index in [1.54, 1.807) is 35.8 Å². The van der Waals surface area contributed by atoms with Gasteiger partial charge >= 0.3 is 0 Å². The van der Waals surface area contributed by atoms with Crippen LogP contribution in [0.15, 0.2) is 114 Å². The van der Waals surface area contributed by atoms with Gasteiger partial charge in [0, 0.05) is 106 Å². The monoisotopic (exact) mass is 774 g/mol. The second-order valence-corrected chi connectivity index (χ2v) is 12.4. The SMILES string of the molecule is C1=CN=NC1.C1=Cc2nccnc2C1.CC.CC.CC1=NCC=C1.Cc1cccn1C.Cc1ncc2c(n1)N(C)CC2.Cn1cccn1.c1ncc2c(n1)CCC2. The van der Waals surface area contributed by atoms with Gasteiger partial charge in [-0.25, -0.2) is 19.9 Å². The summed E-state index contributed by atoms with van der Waals surface area (Å²) in [6, 6.07) is 6.01. The van der Waals surface area contributed by atoms with Gasteiger partial charge in [0.25, 0.3) is 0 Å². The smallest absolute Gasteiger partial charge is 0.135 e. The van der Waals surface area contributed by atoms with Gasteiger partial charge in [-0.05, 0) is 88.4 Å². The summed E-state index contributed by atoms with van der Waals surface area (Å²) >= 11 is 0. The molecular weight excluding hydrogens is 711 g/mol. The van der Waals surface area contributed by atoms with Gasteiger partial charge in [-0.1, -0.05) is 39.8 Å². The van der Waals surface area contributed by atoms with Gasteiger partial charge < -0.3 is 9.47 Å². The molecular formula is C44H63N13. The summed E-state index contributed by atoms with van der Waals surface area (Å²) in [5.41, 5.74) is 8.45. The third-order valence-electron chi connectivity index (χ3n) is 8.26. The minimum atomic E-state index is 0.778. The quantitative estimate of drug-likeness (QED) is 0.152. The molecule has 0 aromatic carbocycles. The molecule has 8 heterocycles. The number of anilines is 1. The zero-order chi connectivity index (χ0) is 41.7. The first-order valence-electron chi connectivity index (χ1n) is 19.8. The van der Waals surface area contributed by atoms with Crippen molar-refractivity contribution in [3.05, 3.63) is 138 Å². The molecule has 0 radical (unpaired) electrons. The van der Waals surface area contributed by atoms with E-state index in [1.807, 2.05) is 111 Å². The molecule has 0 bridgehead atoms. The zero-order valence-corrected chi connectivity index (χ0v) is 35.8. The lowest BCUT2D eigenvalue weighted by Crippen LogP contribution is -2.14. The van der Waals surface area contributed by atoms with E-state index in [0.29, 0.717) is 0 Å². The van der Waals surface area contributed by atoms with Gasteiger partial charge in [0.2, 0.25) is 0 Å². The number of fused-ring (bicyclic) bond motifs is 3. The molecule has 5 aromatic heterocycles. The van der Waals surface area contributed by atoms with Crippen molar-refractivity contribution in [3.63, 3.8) is 0 Å². The first-order chi connectivity index (χ1) is 27.8. The summed E-state index contributed by atoms with van der Waals surface area (Å²) < 4.78 is 3.83. The van der Waals surface area contributed by atoms with E-state index < -0.39 is 0 Å². The lowest BCUT2D eigenvalue weighted by molar-refractivity contribution is 0.768. The standard InChI is InChI=1S/C8H11N3.C7H8N2.C7H6N2.C6H9N.C5H7N.C4H6N2.C3H4N2.2C2H6/c1-6-9-5-7-3-4-11(2)8(7)10-6;1-2-6-4-8-5-9-7(6)3-1;1-2-6-7(3-1)9-5-4-8-6;1-6-4-3-5-7(6)2;1-5-3-2-4-6-5;1-6-4-2-3-5-6;1-2-4-5-3-1;2*1-2/h5H,3-4H2,1-2H3;4-5H,1-3H2;1-2,4-5H,3H2;3-5H,1-2H3;2-3H,4H2,1H3;2-4H,1H3;1-2H,3H2;2*1-2H3. The summed E-state index contributed by atoms with van der Waals surface area (Å²) in [4.78, 5) is 31.0. The van der Waals surface area contributed by atoms with E-state index in [9.17, 15) is 0 Å². The zero-order valence-electron chi connectivity index (χ0n) is 35.8. The van der Waals surface area contributed by atoms with Crippen molar-refractivity contribution in [1.29, 1.82) is 0 Å². The molecule has 0 N–H and O–H groups in total. The van der Waals surface area contributed by atoms with E-state index in [2.05, 4.69) is 91.9 Å². The van der Waals surface area contributed by atoms with Crippen LogP contribution < -0.4 is 4.90 Å². The van der Waals surface area contributed by atoms with Gasteiger partial charge in [0.05, 0.1) is 24.5 Å². The summed E-state index contributed by atoms with van der Waals surface area (Å²) in [7, 11) is 5.99. The number of hydrogen-bond donors (Lipinski definition) is 0. The highest BCUT2D eigenvalue weighted by Crippen LogP contribution is 2.22. The third-order valence-corrected chi connectivity index (χ3v) is 8.26. The molecule has 5 aliphatic rings. The van der Waals surface area contributed by atoms with Crippen LogP contribution >= 0.6 is 0 Å². The summed E-state index contributed by atoms with van der Waals surface area (Å²) in [5, 5.41) is 11.0. The van der Waals surface area contributed by atoms with Crippen molar-refractivity contribution in [3.8, 4) is 0 Å². The topological polar surface area (TPSA) is 140 Å². The summed E-state index contributed by atoms with van der Waals surface area (Å²) in [6.07, 6.45) is 32.0. The molecule has 13 nitrogen and oxygen atoms in total. The maximum absolute atomic E-state index is 4.35. The van der Waals surface area contributed by atoms with Crippen LogP contribution in [0.2, 0.25) is 0 Å². The Bertz CT molecular complexity index is 1910. The Morgan fingerprint density at radius 3 is 2.02 bits per heavy atom. The lowest BCUT2D eigenvalue weighted by atomic mass is 10.3. The number of aliphatic imine (C=N–C) groups is 1. The van der Waals surface area contributed by atoms with E-state index in [-0.39, 0.29) is 0 Å². The van der Waals surface area contributed by atoms with Crippen molar-refractivity contribution >= 4 is 17.6 Å². The first kappa shape index (κ1) is 47.2. The van der Waals surface area contributed by atoms with Crippen molar-refractivity contribution in [2.24, 2.45) is 29.3 Å². The summed E-state index contributed by atoms with van der Waals surface area (Å²) in [6.45, 7) is 16.8. The highest BCUT2D eigenvalue weighted by atomic mass is 15.2. The van der Waals surface area contributed by atoms with E-state index in [1.165, 1.54) is 35.4 Å². The second-order valence-electron chi connectivity index (χ2n) is 12.4. The largest absolute Gasteiger partial charge is 0.359 e. The van der Waals surface area contributed by atoms with Crippen molar-refractivity contribution in [2.75, 3.05) is 31.6 Å². The molecule has 0 atom stereocenters. The van der Waals surface area contributed by atoms with Gasteiger partial charge in [-0.3, -0.25) is 19.6 Å². The number of aromatic nitrogens is 9. The molecule has 0 spiro atoms. The van der Waals surface area contributed by atoms with Gasteiger partial charge in [0.15, 0.2) is 0 Å². The number of nitrogens with zero attached hydrogens (tertiary/aromatic N) is 13. The molecule has 5 aromatic rings. The fourth-order valence-electron chi connectivity index (χ4n) is 5.20. The van der Waals surface area contributed by atoms with Crippen molar-refractivity contribution in [1.82, 2.24) is 44.3 Å². The molecule has 3 aliphatic heterocycles. The maximum atomic E-state index is 4.35.